The second-order valence-electron chi connectivity index (χ2n) is 9.49. The smallest absolute Gasteiger partial charge is 0.317 e. The summed E-state index contributed by atoms with van der Waals surface area (Å²) in [6.45, 7) is -4.50. The van der Waals surface area contributed by atoms with E-state index >= 15 is 0 Å². The van der Waals surface area contributed by atoms with Crippen molar-refractivity contribution in [2.75, 3.05) is 90.0 Å². The van der Waals surface area contributed by atoms with Gasteiger partial charge < -0.3 is 51.1 Å². The number of rotatable bonds is 25. The fraction of sp³-hybridized carbons (Fsp3) is 0.667. The molecule has 0 amide bonds. The number of carboxylic acids is 8. The van der Waals surface area contributed by atoms with Crippen molar-refractivity contribution in [1.29, 1.82) is 0 Å². The average molecular weight is 739 g/mol. The quantitative estimate of drug-likeness (QED) is 0.0392. The molecule has 0 heterocycles. The molecule has 0 aromatic rings. The number of nitrogens with zero attached hydrogens (tertiary/aromatic N) is 4. The number of hydrogen-bond acceptors (Lipinski definition) is 16. The second kappa shape index (κ2) is 28.3. The first-order valence-electron chi connectivity index (χ1n) is 13.3. The topological polar surface area (TPSA) is 352 Å². The van der Waals surface area contributed by atoms with Crippen molar-refractivity contribution in [3.8, 4) is 0 Å². The van der Waals surface area contributed by atoms with E-state index < -0.39 is 112 Å². The number of aliphatic carboxylic acids is 8. The molecule has 24 heteroatoms. The van der Waals surface area contributed by atoms with Gasteiger partial charge in [0.15, 0.2) is 0 Å². The molecule has 2 atom stereocenters. The molecule has 0 aliphatic carbocycles. The molecule has 0 rings (SSSR count). The SMILES string of the molecule is O=C(O)CN(CCN(CC(=O)O)CC(=O)O)CC(=O)O.O=C(O)CN(CCN(CC(=O)O)CC(=O)O)CC(=O)O.O[C@H](CS)[C@H](O)CS. The largest absolute Gasteiger partial charge is 0.480 e. The fourth-order valence-electron chi connectivity index (χ4n) is 3.20. The Labute approximate surface area is 284 Å². The van der Waals surface area contributed by atoms with Crippen LogP contribution < -0.4 is 0 Å². The lowest BCUT2D eigenvalue weighted by atomic mass is 10.3. The van der Waals surface area contributed by atoms with Gasteiger partial charge in [-0.3, -0.25) is 58.0 Å². The van der Waals surface area contributed by atoms with Crippen LogP contribution in [0.4, 0.5) is 0 Å². The van der Waals surface area contributed by atoms with Gasteiger partial charge in [0.25, 0.3) is 0 Å². The number of hydrogen-bond donors (Lipinski definition) is 12. The highest BCUT2D eigenvalue weighted by Crippen LogP contribution is 1.97. The Morgan fingerprint density at radius 2 is 0.479 bits per heavy atom. The van der Waals surface area contributed by atoms with E-state index in [1.165, 1.54) is 0 Å². The van der Waals surface area contributed by atoms with Gasteiger partial charge in [-0.1, -0.05) is 0 Å². The number of carboxylic acid groups (broad SMARTS) is 8. The van der Waals surface area contributed by atoms with E-state index in [2.05, 4.69) is 25.3 Å². The van der Waals surface area contributed by atoms with Gasteiger partial charge in [-0.25, -0.2) is 0 Å². The molecular weight excluding hydrogens is 696 g/mol. The Kier molecular flexibility index (Phi) is 28.6. The molecule has 0 saturated carbocycles. The summed E-state index contributed by atoms with van der Waals surface area (Å²) in [6, 6.07) is 0. The molecule has 0 bridgehead atoms. The molecule has 0 unspecified atom stereocenters. The van der Waals surface area contributed by atoms with Gasteiger partial charge in [-0.15, -0.1) is 0 Å². The third-order valence-electron chi connectivity index (χ3n) is 5.15. The Bertz CT molecular complexity index is 836. The summed E-state index contributed by atoms with van der Waals surface area (Å²) in [7, 11) is 0. The highest BCUT2D eigenvalue weighted by Gasteiger charge is 2.19. The summed E-state index contributed by atoms with van der Waals surface area (Å²) < 4.78 is 0. The van der Waals surface area contributed by atoms with Crippen LogP contribution in [-0.4, -0.2) is 221 Å². The number of carbonyl (C=O) groups is 8. The van der Waals surface area contributed by atoms with E-state index in [0.717, 1.165) is 19.6 Å². The lowest BCUT2D eigenvalue weighted by Gasteiger charge is -2.23. The maximum Gasteiger partial charge on any atom is 0.317 e. The number of aliphatic hydroxyl groups excluding tert-OH is 2. The molecule has 0 radical (unpaired) electrons. The molecule has 0 aromatic heterocycles. The molecule has 0 aliphatic heterocycles. The number of thiol groups is 2. The molecule has 48 heavy (non-hydrogen) atoms. The van der Waals surface area contributed by atoms with Crippen molar-refractivity contribution in [3.63, 3.8) is 0 Å². The van der Waals surface area contributed by atoms with Crippen molar-refractivity contribution >= 4 is 73.0 Å². The van der Waals surface area contributed by atoms with Crippen molar-refractivity contribution in [2.45, 2.75) is 12.2 Å². The highest BCUT2D eigenvalue weighted by molar-refractivity contribution is 7.80. The van der Waals surface area contributed by atoms with Crippen LogP contribution in [0, 0.1) is 0 Å². The van der Waals surface area contributed by atoms with Crippen LogP contribution in [0.2, 0.25) is 0 Å². The summed E-state index contributed by atoms with van der Waals surface area (Å²) >= 11 is 7.53. The Hall–Kier alpha value is -3.78. The average Bonchev–Trinajstić information content (AvgIpc) is 2.91. The minimum absolute atomic E-state index is 0.0703. The standard InChI is InChI=1S/2C10H16N2O8.C4H10O2S2/c2*13-7(14)3-11(4-8(15)16)1-2-12(5-9(17)18)6-10(19)20;5-3(1-7)4(6)2-8/h2*1-6H2,(H,13,14)(H,15,16)(H,17,18)(H,19,20);3-8H,1-2H2/t;;3-,4-/m..1/s1. The van der Waals surface area contributed by atoms with E-state index in [1.54, 1.807) is 0 Å². The van der Waals surface area contributed by atoms with Crippen molar-refractivity contribution in [1.82, 2.24) is 19.6 Å². The molecule has 0 fully saturated rings. The van der Waals surface area contributed by atoms with Crippen LogP contribution in [0.5, 0.6) is 0 Å². The first-order chi connectivity index (χ1) is 22.1. The van der Waals surface area contributed by atoms with Gasteiger partial charge in [-0.2, -0.15) is 25.3 Å². The third kappa shape index (κ3) is 33.6. The zero-order chi connectivity index (χ0) is 38.0. The second-order valence-corrected chi connectivity index (χ2v) is 10.2. The third-order valence-corrected chi connectivity index (χ3v) is 5.90. The molecule has 0 spiro atoms. The predicted molar refractivity (Wildman–Crippen MR) is 167 cm³/mol. The first kappa shape index (κ1) is 48.6. The lowest BCUT2D eigenvalue weighted by molar-refractivity contribution is -0.145. The van der Waals surface area contributed by atoms with E-state index in [1.807, 2.05) is 0 Å². The maximum absolute atomic E-state index is 10.6. The lowest BCUT2D eigenvalue weighted by Crippen LogP contribution is -2.43. The van der Waals surface area contributed by atoms with Crippen LogP contribution in [0.15, 0.2) is 0 Å². The van der Waals surface area contributed by atoms with Gasteiger partial charge in [0.1, 0.15) is 0 Å². The maximum atomic E-state index is 10.6. The van der Waals surface area contributed by atoms with Crippen LogP contribution in [0.1, 0.15) is 0 Å². The molecule has 10 N–H and O–H groups in total. The normalized spacial score (nSPS) is 11.9. The first-order valence-corrected chi connectivity index (χ1v) is 14.6. The molecule has 0 aliphatic rings. The van der Waals surface area contributed by atoms with Gasteiger partial charge in [-0.05, 0) is 0 Å². The zero-order valence-electron chi connectivity index (χ0n) is 25.5. The van der Waals surface area contributed by atoms with Gasteiger partial charge in [0, 0.05) is 37.7 Å². The summed E-state index contributed by atoms with van der Waals surface area (Å²) in [5, 5.41) is 86.4. The summed E-state index contributed by atoms with van der Waals surface area (Å²) in [5.41, 5.74) is 0. The van der Waals surface area contributed by atoms with E-state index in [-0.39, 0.29) is 37.7 Å². The van der Waals surface area contributed by atoms with Crippen LogP contribution in [-0.2, 0) is 38.4 Å². The Balaban J connectivity index is -0.000000689. The summed E-state index contributed by atoms with van der Waals surface area (Å²) in [5.74, 6) is -9.26. The highest BCUT2D eigenvalue weighted by atomic mass is 32.1. The minimum atomic E-state index is -1.23. The summed E-state index contributed by atoms with van der Waals surface area (Å²) in [6.07, 6.45) is -1.48. The van der Waals surface area contributed by atoms with Crippen molar-refractivity contribution < 1.29 is 89.4 Å². The number of aliphatic hydroxyl groups is 2. The fourth-order valence-corrected chi connectivity index (χ4v) is 3.68. The molecule has 0 aromatic carbocycles. The van der Waals surface area contributed by atoms with Crippen LogP contribution in [0.3, 0.4) is 0 Å². The molecule has 22 nitrogen and oxygen atoms in total. The predicted octanol–water partition coefficient (Wildman–Crippen LogP) is -4.57. The van der Waals surface area contributed by atoms with Gasteiger partial charge in [0.2, 0.25) is 0 Å². The van der Waals surface area contributed by atoms with Gasteiger partial charge >= 0.3 is 47.8 Å². The molecule has 278 valence electrons. The summed E-state index contributed by atoms with van der Waals surface area (Å²) in [4.78, 5) is 88.7. The van der Waals surface area contributed by atoms with E-state index in [9.17, 15) is 38.4 Å². The van der Waals surface area contributed by atoms with Gasteiger partial charge in [0.05, 0.1) is 64.6 Å². The monoisotopic (exact) mass is 738 g/mol. The zero-order valence-corrected chi connectivity index (χ0v) is 27.3. The molecular formula is C24H42N4O18S2. The Morgan fingerprint density at radius 3 is 0.562 bits per heavy atom. The minimum Gasteiger partial charge on any atom is -0.480 e. The van der Waals surface area contributed by atoms with E-state index in [0.29, 0.717) is 0 Å². The Morgan fingerprint density at radius 1 is 0.354 bits per heavy atom. The van der Waals surface area contributed by atoms with Crippen LogP contribution in [0.25, 0.3) is 0 Å². The van der Waals surface area contributed by atoms with Crippen LogP contribution >= 0.6 is 25.3 Å². The van der Waals surface area contributed by atoms with Crippen molar-refractivity contribution in [3.05, 3.63) is 0 Å². The van der Waals surface area contributed by atoms with E-state index in [4.69, 9.17) is 51.1 Å². The molecule has 0 saturated heterocycles. The van der Waals surface area contributed by atoms with Crippen molar-refractivity contribution in [2.24, 2.45) is 0 Å².